The van der Waals surface area contributed by atoms with E-state index in [1.807, 2.05) is 18.3 Å². The highest BCUT2D eigenvalue weighted by molar-refractivity contribution is 5.68. The van der Waals surface area contributed by atoms with Gasteiger partial charge in [0.25, 0.3) is 0 Å². The van der Waals surface area contributed by atoms with Gasteiger partial charge in [-0.25, -0.2) is 4.98 Å². The van der Waals surface area contributed by atoms with Crippen LogP contribution in [0.2, 0.25) is 0 Å². The Hall–Kier alpha value is -2.86. The van der Waals surface area contributed by atoms with Crippen molar-refractivity contribution in [3.05, 3.63) is 58.5 Å². The lowest BCUT2D eigenvalue weighted by Crippen LogP contribution is -2.21. The van der Waals surface area contributed by atoms with E-state index in [1.54, 1.807) is 13.3 Å². The van der Waals surface area contributed by atoms with Crippen molar-refractivity contribution in [1.29, 1.82) is 0 Å². The summed E-state index contributed by atoms with van der Waals surface area (Å²) in [5.41, 5.74) is 14.5. The zero-order valence-electron chi connectivity index (χ0n) is 17.6. The van der Waals surface area contributed by atoms with Gasteiger partial charge in [0.1, 0.15) is 11.6 Å². The molecule has 1 atom stereocenters. The van der Waals surface area contributed by atoms with Gasteiger partial charge in [0.2, 0.25) is 0 Å². The molecule has 1 saturated heterocycles. The van der Waals surface area contributed by atoms with Gasteiger partial charge >= 0.3 is 0 Å². The van der Waals surface area contributed by atoms with E-state index in [-0.39, 0.29) is 0 Å². The maximum Gasteiger partial charge on any atom is 0.123 e. The predicted octanol–water partition coefficient (Wildman–Crippen LogP) is 3.98. The summed E-state index contributed by atoms with van der Waals surface area (Å²) in [5.74, 6) is 1.94. The molecule has 1 fully saturated rings. The number of benzene rings is 1. The van der Waals surface area contributed by atoms with Gasteiger partial charge in [0.05, 0.1) is 13.3 Å². The van der Waals surface area contributed by atoms with Crippen LogP contribution in [0.1, 0.15) is 40.3 Å². The first-order valence-electron chi connectivity index (χ1n) is 10.1. The molecule has 3 heterocycles. The molecule has 4 rings (SSSR count). The zero-order chi connectivity index (χ0) is 20.5. The Balaban J connectivity index is 1.53. The average molecular weight is 392 g/mol. The van der Waals surface area contributed by atoms with E-state index in [2.05, 4.69) is 46.9 Å². The monoisotopic (exact) mass is 391 g/mol. The second-order valence-electron chi connectivity index (χ2n) is 8.01. The van der Waals surface area contributed by atoms with Gasteiger partial charge in [-0.1, -0.05) is 0 Å². The summed E-state index contributed by atoms with van der Waals surface area (Å²) >= 11 is 0. The van der Waals surface area contributed by atoms with Crippen LogP contribution in [-0.2, 0) is 6.54 Å². The molecule has 29 heavy (non-hydrogen) atoms. The number of pyridine rings is 1. The fraction of sp³-hybridized carbons (Fsp3) is 0.391. The Morgan fingerprint density at radius 1 is 1.24 bits per heavy atom. The van der Waals surface area contributed by atoms with Crippen molar-refractivity contribution >= 4 is 5.82 Å². The van der Waals surface area contributed by atoms with Gasteiger partial charge in [-0.3, -0.25) is 10.00 Å². The number of aromatic amines is 1. The van der Waals surface area contributed by atoms with Crippen molar-refractivity contribution in [2.75, 3.05) is 25.9 Å². The fourth-order valence-corrected chi connectivity index (χ4v) is 4.44. The van der Waals surface area contributed by atoms with E-state index in [9.17, 15) is 0 Å². The molecule has 0 saturated carbocycles. The smallest absolute Gasteiger partial charge is 0.123 e. The van der Waals surface area contributed by atoms with E-state index in [1.165, 1.54) is 27.9 Å². The van der Waals surface area contributed by atoms with E-state index >= 15 is 0 Å². The summed E-state index contributed by atoms with van der Waals surface area (Å²) in [7, 11) is 1.74. The number of nitrogens with one attached hydrogen (secondary N) is 1. The van der Waals surface area contributed by atoms with Crippen molar-refractivity contribution in [1.82, 2.24) is 20.1 Å². The first-order valence-corrected chi connectivity index (χ1v) is 10.1. The number of aryl methyl sites for hydroxylation is 1. The standard InChI is InChI=1S/C23H29N5O/c1-14-9-21(29-4)16(3)15(2)20(14)13-28-8-6-18(12-28)23-19(11-26-27-23)17-5-7-25-22(24)10-17/h5,7,9-11,18H,6,8,12-13H2,1-4H3,(H2,24,25)(H,26,27). The Morgan fingerprint density at radius 2 is 2.07 bits per heavy atom. The van der Waals surface area contributed by atoms with Gasteiger partial charge in [-0.2, -0.15) is 5.10 Å². The van der Waals surface area contributed by atoms with Gasteiger partial charge in [0.15, 0.2) is 0 Å². The maximum atomic E-state index is 5.88. The fourth-order valence-electron chi connectivity index (χ4n) is 4.44. The largest absolute Gasteiger partial charge is 0.496 e. The first kappa shape index (κ1) is 19.5. The number of nitrogens with zero attached hydrogens (tertiary/aromatic N) is 3. The Kier molecular flexibility index (Phi) is 5.28. The van der Waals surface area contributed by atoms with E-state index in [0.29, 0.717) is 11.7 Å². The summed E-state index contributed by atoms with van der Waals surface area (Å²) < 4.78 is 5.52. The number of nitrogen functional groups attached to an aromatic ring is 1. The van der Waals surface area contributed by atoms with Gasteiger partial charge in [0, 0.05) is 36.5 Å². The minimum absolute atomic E-state index is 0.432. The van der Waals surface area contributed by atoms with Crippen molar-refractivity contribution in [3.63, 3.8) is 0 Å². The third kappa shape index (κ3) is 3.72. The molecule has 6 nitrogen and oxygen atoms in total. The zero-order valence-corrected chi connectivity index (χ0v) is 17.6. The summed E-state index contributed by atoms with van der Waals surface area (Å²) in [6.45, 7) is 9.57. The number of hydrogen-bond acceptors (Lipinski definition) is 5. The summed E-state index contributed by atoms with van der Waals surface area (Å²) in [6.07, 6.45) is 4.76. The van der Waals surface area contributed by atoms with Crippen molar-refractivity contribution in [2.45, 2.75) is 39.7 Å². The second-order valence-corrected chi connectivity index (χ2v) is 8.01. The number of likely N-dealkylation sites (tertiary alicyclic amines) is 1. The molecule has 6 heteroatoms. The highest BCUT2D eigenvalue weighted by Crippen LogP contribution is 2.35. The minimum atomic E-state index is 0.432. The molecule has 1 aliphatic heterocycles. The van der Waals surface area contributed by atoms with E-state index in [0.717, 1.165) is 42.9 Å². The lowest BCUT2D eigenvalue weighted by molar-refractivity contribution is 0.324. The van der Waals surface area contributed by atoms with Crippen LogP contribution in [0.25, 0.3) is 11.1 Å². The molecule has 0 spiro atoms. The highest BCUT2D eigenvalue weighted by atomic mass is 16.5. The van der Waals surface area contributed by atoms with Gasteiger partial charge < -0.3 is 10.5 Å². The van der Waals surface area contributed by atoms with Crippen molar-refractivity contribution < 1.29 is 4.74 Å². The lowest BCUT2D eigenvalue weighted by Gasteiger charge is -2.21. The van der Waals surface area contributed by atoms with Crippen LogP contribution < -0.4 is 10.5 Å². The molecular formula is C23H29N5O. The number of aromatic nitrogens is 3. The van der Waals surface area contributed by atoms with Crippen LogP contribution >= 0.6 is 0 Å². The molecule has 0 aliphatic carbocycles. The van der Waals surface area contributed by atoms with Crippen LogP contribution in [0.4, 0.5) is 5.82 Å². The van der Waals surface area contributed by atoms with E-state index in [4.69, 9.17) is 10.5 Å². The SMILES string of the molecule is COc1cc(C)c(CN2CCC(c3[nH]ncc3-c3ccnc(N)c3)C2)c(C)c1C. The summed E-state index contributed by atoms with van der Waals surface area (Å²) in [5, 5.41) is 7.56. The van der Waals surface area contributed by atoms with Crippen LogP contribution in [0.3, 0.4) is 0 Å². The Labute approximate surface area is 172 Å². The number of rotatable bonds is 5. The van der Waals surface area contributed by atoms with Crippen molar-refractivity contribution in [3.8, 4) is 16.9 Å². The van der Waals surface area contributed by atoms with Crippen LogP contribution in [0, 0.1) is 20.8 Å². The number of hydrogen-bond donors (Lipinski definition) is 2. The molecule has 1 aromatic carbocycles. The quantitative estimate of drug-likeness (QED) is 0.688. The third-order valence-electron chi connectivity index (χ3n) is 6.25. The Bertz CT molecular complexity index is 1030. The first-order chi connectivity index (χ1) is 14.0. The highest BCUT2D eigenvalue weighted by Gasteiger charge is 2.28. The number of H-pyrrole nitrogens is 1. The minimum Gasteiger partial charge on any atom is -0.496 e. The molecule has 2 aromatic heterocycles. The molecule has 152 valence electrons. The number of nitrogens with two attached hydrogens (primary N) is 1. The maximum absolute atomic E-state index is 5.88. The molecular weight excluding hydrogens is 362 g/mol. The molecule has 1 aliphatic rings. The van der Waals surface area contributed by atoms with Crippen LogP contribution in [-0.4, -0.2) is 40.3 Å². The van der Waals surface area contributed by atoms with Crippen LogP contribution in [0.15, 0.2) is 30.6 Å². The molecule has 3 N–H and O–H groups in total. The molecule has 0 amide bonds. The van der Waals surface area contributed by atoms with E-state index < -0.39 is 0 Å². The number of methoxy groups -OCH3 is 1. The number of ether oxygens (including phenoxy) is 1. The average Bonchev–Trinajstić information content (AvgIpc) is 3.37. The van der Waals surface area contributed by atoms with Crippen molar-refractivity contribution in [2.24, 2.45) is 0 Å². The second kappa shape index (κ2) is 7.87. The topological polar surface area (TPSA) is 80.1 Å². The van der Waals surface area contributed by atoms with Gasteiger partial charge in [-0.05, 0) is 79.8 Å². The number of anilines is 1. The lowest BCUT2D eigenvalue weighted by atomic mass is 9.96. The summed E-state index contributed by atoms with van der Waals surface area (Å²) in [6, 6.07) is 6.06. The molecule has 3 aromatic rings. The summed E-state index contributed by atoms with van der Waals surface area (Å²) in [4.78, 5) is 6.64. The van der Waals surface area contributed by atoms with Gasteiger partial charge in [-0.15, -0.1) is 0 Å². The molecule has 1 unspecified atom stereocenters. The normalized spacial score (nSPS) is 17.0. The Morgan fingerprint density at radius 3 is 2.83 bits per heavy atom. The molecule has 0 radical (unpaired) electrons. The third-order valence-corrected chi connectivity index (χ3v) is 6.25. The predicted molar refractivity (Wildman–Crippen MR) is 116 cm³/mol. The van der Waals surface area contributed by atoms with Crippen LogP contribution in [0.5, 0.6) is 5.75 Å². The molecule has 0 bridgehead atoms.